The Kier molecular flexibility index (Phi) is 6.28. The van der Waals surface area contributed by atoms with Crippen molar-refractivity contribution >= 4 is 34.3 Å². The lowest BCUT2D eigenvalue weighted by atomic mass is 10.1. The highest BCUT2D eigenvalue weighted by Crippen LogP contribution is 2.24. The van der Waals surface area contributed by atoms with Crippen molar-refractivity contribution in [1.82, 2.24) is 9.55 Å². The van der Waals surface area contributed by atoms with Gasteiger partial charge < -0.3 is 10.1 Å². The van der Waals surface area contributed by atoms with E-state index in [0.29, 0.717) is 27.5 Å². The molecule has 3 aromatic carbocycles. The van der Waals surface area contributed by atoms with Gasteiger partial charge in [-0.3, -0.25) is 14.2 Å². The molecular weight excluding hydrogens is 422 g/mol. The lowest BCUT2D eigenvalue weighted by Crippen LogP contribution is -2.23. The first-order valence-corrected chi connectivity index (χ1v) is 11.1. The summed E-state index contributed by atoms with van der Waals surface area (Å²) in [5.41, 5.74) is 4.05. The van der Waals surface area contributed by atoms with Gasteiger partial charge in [-0.15, -0.1) is 0 Å². The fourth-order valence-corrected chi connectivity index (χ4v) is 4.15. The molecular formula is C25H23N3O3S. The summed E-state index contributed by atoms with van der Waals surface area (Å²) in [7, 11) is 1.58. The van der Waals surface area contributed by atoms with Crippen molar-refractivity contribution < 1.29 is 9.53 Å². The minimum atomic E-state index is -0.194. The molecule has 1 amide bonds. The monoisotopic (exact) mass is 445 g/mol. The highest BCUT2D eigenvalue weighted by molar-refractivity contribution is 7.99. The molecule has 0 bridgehead atoms. The van der Waals surface area contributed by atoms with Crippen LogP contribution in [-0.4, -0.2) is 28.3 Å². The lowest BCUT2D eigenvalue weighted by Gasteiger charge is -2.14. The number of aryl methyl sites for hydroxylation is 2. The third-order valence-electron chi connectivity index (χ3n) is 5.18. The van der Waals surface area contributed by atoms with Gasteiger partial charge in [0, 0.05) is 11.8 Å². The maximum atomic E-state index is 13.3. The fourth-order valence-electron chi connectivity index (χ4n) is 3.33. The number of para-hydroxylation sites is 1. The smallest absolute Gasteiger partial charge is 0.266 e. The lowest BCUT2D eigenvalue weighted by molar-refractivity contribution is -0.113. The van der Waals surface area contributed by atoms with Crippen molar-refractivity contribution in [3.63, 3.8) is 0 Å². The Hall–Kier alpha value is -3.58. The molecule has 1 aromatic heterocycles. The zero-order valence-electron chi connectivity index (χ0n) is 18.1. The second kappa shape index (κ2) is 9.28. The van der Waals surface area contributed by atoms with Crippen LogP contribution in [0.2, 0.25) is 0 Å². The Morgan fingerprint density at radius 3 is 2.62 bits per heavy atom. The van der Waals surface area contributed by atoms with Crippen LogP contribution in [0.15, 0.2) is 76.7 Å². The average molecular weight is 446 g/mol. The number of carbonyl (C=O) groups excluding carboxylic acids is 1. The number of ether oxygens (including phenoxy) is 1. The molecule has 0 aliphatic rings. The number of nitrogens with one attached hydrogen (secondary N) is 1. The highest BCUT2D eigenvalue weighted by atomic mass is 32.2. The standard InChI is InChI=1S/C25H23N3O3S/c1-16-11-12-18(13-17(16)2)26-23(29)15-32-25-27-22-10-5-4-9-21(22)24(30)28(25)19-7-6-8-20(14-19)31-3/h4-14H,15H2,1-3H3,(H,26,29). The van der Waals surface area contributed by atoms with Crippen LogP contribution in [0.1, 0.15) is 11.1 Å². The van der Waals surface area contributed by atoms with E-state index in [2.05, 4.69) is 10.3 Å². The number of carbonyl (C=O) groups is 1. The third kappa shape index (κ3) is 4.53. The topological polar surface area (TPSA) is 73.2 Å². The van der Waals surface area contributed by atoms with Crippen LogP contribution in [0.3, 0.4) is 0 Å². The van der Waals surface area contributed by atoms with Crippen molar-refractivity contribution in [1.29, 1.82) is 0 Å². The molecule has 0 unspecified atom stereocenters. The summed E-state index contributed by atoms with van der Waals surface area (Å²) in [6, 6.07) is 20.2. The summed E-state index contributed by atoms with van der Waals surface area (Å²) in [5, 5.41) is 3.87. The number of hydrogen-bond donors (Lipinski definition) is 1. The van der Waals surface area contributed by atoms with Crippen molar-refractivity contribution in [3.8, 4) is 11.4 Å². The first kappa shape index (κ1) is 21.6. The van der Waals surface area contributed by atoms with Gasteiger partial charge in [-0.1, -0.05) is 36.0 Å². The number of rotatable bonds is 6. The van der Waals surface area contributed by atoms with Crippen molar-refractivity contribution in [2.75, 3.05) is 18.2 Å². The van der Waals surface area contributed by atoms with Crippen molar-refractivity contribution in [2.24, 2.45) is 0 Å². The summed E-state index contributed by atoms with van der Waals surface area (Å²) in [6.07, 6.45) is 0. The molecule has 1 heterocycles. The van der Waals surface area contributed by atoms with Crippen molar-refractivity contribution in [2.45, 2.75) is 19.0 Å². The molecule has 4 aromatic rings. The van der Waals surface area contributed by atoms with Crippen LogP contribution in [0.25, 0.3) is 16.6 Å². The normalized spacial score (nSPS) is 10.8. The Labute approximate surface area is 190 Å². The van der Waals surface area contributed by atoms with E-state index >= 15 is 0 Å². The molecule has 0 fully saturated rings. The van der Waals surface area contributed by atoms with E-state index in [9.17, 15) is 9.59 Å². The molecule has 1 N–H and O–H groups in total. The number of anilines is 1. The van der Waals surface area contributed by atoms with E-state index in [0.717, 1.165) is 11.3 Å². The average Bonchev–Trinajstić information content (AvgIpc) is 2.80. The van der Waals surface area contributed by atoms with Gasteiger partial charge in [0.05, 0.1) is 29.5 Å². The Balaban J connectivity index is 1.67. The van der Waals surface area contributed by atoms with Crippen molar-refractivity contribution in [3.05, 3.63) is 88.2 Å². The molecule has 7 heteroatoms. The van der Waals surface area contributed by atoms with Gasteiger partial charge in [-0.2, -0.15) is 0 Å². The van der Waals surface area contributed by atoms with Crippen LogP contribution in [0, 0.1) is 13.8 Å². The fraction of sp³-hybridized carbons (Fsp3) is 0.160. The second-order valence-corrected chi connectivity index (χ2v) is 8.33. The number of hydrogen-bond acceptors (Lipinski definition) is 5. The van der Waals surface area contributed by atoms with Gasteiger partial charge in [0.2, 0.25) is 5.91 Å². The molecule has 0 saturated heterocycles. The SMILES string of the molecule is COc1cccc(-n2c(SCC(=O)Nc3ccc(C)c(C)c3)nc3ccccc3c2=O)c1. The van der Waals surface area contributed by atoms with Crippen LogP contribution in [-0.2, 0) is 4.79 Å². The van der Waals surface area contributed by atoms with E-state index < -0.39 is 0 Å². The molecule has 32 heavy (non-hydrogen) atoms. The van der Waals surface area contributed by atoms with Crippen LogP contribution in [0.5, 0.6) is 5.75 Å². The quantitative estimate of drug-likeness (QED) is 0.343. The number of fused-ring (bicyclic) bond motifs is 1. The Morgan fingerprint density at radius 1 is 1.03 bits per heavy atom. The van der Waals surface area contributed by atoms with Gasteiger partial charge in [-0.05, 0) is 61.4 Å². The molecule has 162 valence electrons. The predicted molar refractivity (Wildman–Crippen MR) is 129 cm³/mol. The molecule has 0 radical (unpaired) electrons. The second-order valence-electron chi connectivity index (χ2n) is 7.39. The third-order valence-corrected chi connectivity index (χ3v) is 6.12. The summed E-state index contributed by atoms with van der Waals surface area (Å²) < 4.78 is 6.85. The first-order valence-electron chi connectivity index (χ1n) is 10.1. The molecule has 0 aliphatic carbocycles. The van der Waals surface area contributed by atoms with Gasteiger partial charge in [0.15, 0.2) is 5.16 Å². The molecule has 0 spiro atoms. The zero-order valence-corrected chi connectivity index (χ0v) is 18.9. The highest BCUT2D eigenvalue weighted by Gasteiger charge is 2.15. The maximum Gasteiger partial charge on any atom is 0.266 e. The number of methoxy groups -OCH3 is 1. The summed E-state index contributed by atoms with van der Waals surface area (Å²) in [4.78, 5) is 30.6. The number of amides is 1. The number of aromatic nitrogens is 2. The summed E-state index contributed by atoms with van der Waals surface area (Å²) in [5.74, 6) is 0.575. The molecule has 0 aliphatic heterocycles. The van der Waals surface area contributed by atoms with E-state index in [1.165, 1.54) is 21.9 Å². The Morgan fingerprint density at radius 2 is 1.84 bits per heavy atom. The van der Waals surface area contributed by atoms with Gasteiger partial charge in [-0.25, -0.2) is 4.98 Å². The first-order chi connectivity index (χ1) is 15.5. The van der Waals surface area contributed by atoms with Gasteiger partial charge in [0.25, 0.3) is 5.56 Å². The van der Waals surface area contributed by atoms with Gasteiger partial charge >= 0.3 is 0 Å². The number of nitrogens with zero attached hydrogens (tertiary/aromatic N) is 2. The summed E-state index contributed by atoms with van der Waals surface area (Å²) in [6.45, 7) is 4.03. The molecule has 0 saturated carbocycles. The van der Waals surface area contributed by atoms with E-state index in [4.69, 9.17) is 4.74 Å². The van der Waals surface area contributed by atoms with Gasteiger partial charge in [0.1, 0.15) is 5.75 Å². The number of thioether (sulfide) groups is 1. The Bertz CT molecular complexity index is 1360. The van der Waals surface area contributed by atoms with Crippen LogP contribution >= 0.6 is 11.8 Å². The minimum Gasteiger partial charge on any atom is -0.497 e. The molecule has 0 atom stereocenters. The van der Waals surface area contributed by atoms with E-state index in [1.807, 2.05) is 62.4 Å². The molecule has 6 nitrogen and oxygen atoms in total. The summed E-state index contributed by atoms with van der Waals surface area (Å²) >= 11 is 1.22. The van der Waals surface area contributed by atoms with Crippen LogP contribution in [0.4, 0.5) is 5.69 Å². The van der Waals surface area contributed by atoms with E-state index in [-0.39, 0.29) is 17.2 Å². The van der Waals surface area contributed by atoms with Crippen LogP contribution < -0.4 is 15.6 Å². The largest absolute Gasteiger partial charge is 0.497 e. The number of benzene rings is 3. The predicted octanol–water partition coefficient (Wildman–Crippen LogP) is 4.74. The zero-order chi connectivity index (χ0) is 22.7. The molecule has 4 rings (SSSR count). The van der Waals surface area contributed by atoms with E-state index in [1.54, 1.807) is 25.3 Å². The maximum absolute atomic E-state index is 13.3. The minimum absolute atomic E-state index is 0.113.